The fraction of sp³-hybridized carbons (Fsp3) is 0.364. The Balaban J connectivity index is 0.00000280. The molecule has 1 unspecified atom stereocenters. The van der Waals surface area contributed by atoms with Crippen LogP contribution in [-0.4, -0.2) is 11.8 Å². The molecule has 0 radical (unpaired) electrons. The second-order valence-corrected chi connectivity index (χ2v) is 7.42. The number of anilines is 1. The summed E-state index contributed by atoms with van der Waals surface area (Å²) in [6.07, 6.45) is 4.19. The molecule has 3 rings (SSSR count). The molecule has 28 heavy (non-hydrogen) atoms. The highest BCUT2D eigenvalue weighted by Crippen LogP contribution is 2.26. The van der Waals surface area contributed by atoms with Gasteiger partial charge in [-0.15, -0.1) is 12.4 Å². The van der Waals surface area contributed by atoms with Gasteiger partial charge in [-0.3, -0.25) is 9.59 Å². The number of halogens is 1. The Labute approximate surface area is 172 Å². The van der Waals surface area contributed by atoms with E-state index in [9.17, 15) is 9.59 Å². The Bertz CT molecular complexity index is 802. The number of hydrogen-bond acceptors (Lipinski definition) is 3. The quantitative estimate of drug-likeness (QED) is 0.689. The van der Waals surface area contributed by atoms with Crippen molar-refractivity contribution >= 4 is 29.9 Å². The molecule has 2 aromatic carbocycles. The van der Waals surface area contributed by atoms with Crippen molar-refractivity contribution in [2.24, 2.45) is 11.7 Å². The molecule has 0 saturated heterocycles. The second-order valence-electron chi connectivity index (χ2n) is 7.42. The molecule has 0 aliphatic heterocycles. The van der Waals surface area contributed by atoms with Gasteiger partial charge < -0.3 is 16.4 Å². The largest absolute Gasteiger partial charge is 0.350 e. The van der Waals surface area contributed by atoms with E-state index < -0.39 is 5.54 Å². The normalized spacial score (nSPS) is 15.9. The summed E-state index contributed by atoms with van der Waals surface area (Å²) in [6.45, 7) is 2.06. The summed E-state index contributed by atoms with van der Waals surface area (Å²) < 4.78 is 0. The van der Waals surface area contributed by atoms with Gasteiger partial charge >= 0.3 is 0 Å². The number of nitrogens with two attached hydrogens (primary N) is 1. The SMILES string of the molecule is CC(N)(C(=O)NCc1cccc(NC(=O)C2CCCC2)c1)c1ccccc1.Cl. The van der Waals surface area contributed by atoms with E-state index in [0.717, 1.165) is 42.5 Å². The summed E-state index contributed by atoms with van der Waals surface area (Å²) in [6, 6.07) is 16.9. The van der Waals surface area contributed by atoms with Crippen LogP contribution < -0.4 is 16.4 Å². The summed E-state index contributed by atoms with van der Waals surface area (Å²) in [5, 5.41) is 5.89. The van der Waals surface area contributed by atoms with Crippen LogP contribution in [0.25, 0.3) is 0 Å². The minimum Gasteiger partial charge on any atom is -0.350 e. The fourth-order valence-corrected chi connectivity index (χ4v) is 3.47. The third kappa shape index (κ3) is 5.33. The molecule has 1 atom stereocenters. The molecule has 1 aliphatic rings. The molecule has 150 valence electrons. The van der Waals surface area contributed by atoms with Gasteiger partial charge in [-0.05, 0) is 43.0 Å². The highest BCUT2D eigenvalue weighted by molar-refractivity contribution is 5.92. The van der Waals surface area contributed by atoms with E-state index >= 15 is 0 Å². The molecule has 4 N–H and O–H groups in total. The maximum absolute atomic E-state index is 12.6. The van der Waals surface area contributed by atoms with Crippen LogP contribution in [0, 0.1) is 5.92 Å². The third-order valence-corrected chi connectivity index (χ3v) is 5.22. The monoisotopic (exact) mass is 401 g/mol. The van der Waals surface area contributed by atoms with Gasteiger partial charge in [0.15, 0.2) is 0 Å². The topological polar surface area (TPSA) is 84.2 Å². The van der Waals surface area contributed by atoms with Crippen molar-refractivity contribution in [3.05, 3.63) is 65.7 Å². The van der Waals surface area contributed by atoms with Crippen molar-refractivity contribution in [2.45, 2.75) is 44.7 Å². The number of carbonyl (C=O) groups is 2. The lowest BCUT2D eigenvalue weighted by Crippen LogP contribution is -2.48. The molecule has 0 bridgehead atoms. The van der Waals surface area contributed by atoms with Crippen LogP contribution >= 0.6 is 12.4 Å². The summed E-state index contributed by atoms with van der Waals surface area (Å²) in [5.74, 6) is -0.0291. The summed E-state index contributed by atoms with van der Waals surface area (Å²) in [7, 11) is 0. The average molecular weight is 402 g/mol. The van der Waals surface area contributed by atoms with Gasteiger partial charge in [0.1, 0.15) is 5.54 Å². The maximum atomic E-state index is 12.6. The Morgan fingerprint density at radius 2 is 1.75 bits per heavy atom. The number of carbonyl (C=O) groups excluding carboxylic acids is 2. The van der Waals surface area contributed by atoms with Crippen LogP contribution in [0.1, 0.15) is 43.7 Å². The van der Waals surface area contributed by atoms with E-state index in [2.05, 4.69) is 10.6 Å². The fourth-order valence-electron chi connectivity index (χ4n) is 3.47. The van der Waals surface area contributed by atoms with Gasteiger partial charge in [0.05, 0.1) is 0 Å². The highest BCUT2D eigenvalue weighted by atomic mass is 35.5. The molecule has 1 fully saturated rings. The lowest BCUT2D eigenvalue weighted by Gasteiger charge is -2.24. The number of nitrogens with one attached hydrogen (secondary N) is 2. The molecular formula is C22H28ClN3O2. The zero-order valence-electron chi connectivity index (χ0n) is 16.1. The van der Waals surface area contributed by atoms with Crippen LogP contribution in [0.3, 0.4) is 0 Å². The van der Waals surface area contributed by atoms with Crippen molar-refractivity contribution in [3.63, 3.8) is 0 Å². The van der Waals surface area contributed by atoms with Crippen LogP contribution in [0.2, 0.25) is 0 Å². The van der Waals surface area contributed by atoms with E-state index in [1.807, 2.05) is 54.6 Å². The van der Waals surface area contributed by atoms with Crippen molar-refractivity contribution in [1.82, 2.24) is 5.32 Å². The van der Waals surface area contributed by atoms with Gasteiger partial charge in [-0.1, -0.05) is 55.3 Å². The minimum absolute atomic E-state index is 0. The first-order valence-corrected chi connectivity index (χ1v) is 9.49. The first-order chi connectivity index (χ1) is 13.0. The first-order valence-electron chi connectivity index (χ1n) is 9.49. The van der Waals surface area contributed by atoms with Crippen LogP contribution in [0.5, 0.6) is 0 Å². The van der Waals surface area contributed by atoms with E-state index in [4.69, 9.17) is 5.73 Å². The lowest BCUT2D eigenvalue weighted by atomic mass is 9.92. The molecule has 1 saturated carbocycles. The van der Waals surface area contributed by atoms with Crippen LogP contribution in [-0.2, 0) is 21.7 Å². The Morgan fingerprint density at radius 3 is 2.43 bits per heavy atom. The smallest absolute Gasteiger partial charge is 0.244 e. The van der Waals surface area contributed by atoms with E-state index in [1.54, 1.807) is 6.92 Å². The van der Waals surface area contributed by atoms with Crippen LogP contribution in [0.4, 0.5) is 5.69 Å². The predicted octanol–water partition coefficient (Wildman–Crippen LogP) is 3.73. The van der Waals surface area contributed by atoms with E-state index in [1.165, 1.54) is 0 Å². The molecule has 0 spiro atoms. The number of amides is 2. The Hall–Kier alpha value is -2.37. The van der Waals surface area contributed by atoms with Gasteiger partial charge in [0.25, 0.3) is 0 Å². The van der Waals surface area contributed by atoms with Crippen molar-refractivity contribution in [3.8, 4) is 0 Å². The zero-order valence-corrected chi connectivity index (χ0v) is 16.9. The molecular weight excluding hydrogens is 374 g/mol. The van der Waals surface area contributed by atoms with Crippen LogP contribution in [0.15, 0.2) is 54.6 Å². The van der Waals surface area contributed by atoms with Gasteiger partial charge in [0.2, 0.25) is 11.8 Å². The average Bonchev–Trinajstić information content (AvgIpc) is 3.22. The number of rotatable bonds is 6. The molecule has 6 heteroatoms. The molecule has 2 aromatic rings. The molecule has 0 heterocycles. The van der Waals surface area contributed by atoms with Gasteiger partial charge in [-0.2, -0.15) is 0 Å². The summed E-state index contributed by atoms with van der Waals surface area (Å²) in [5.41, 5.74) is 7.58. The summed E-state index contributed by atoms with van der Waals surface area (Å²) in [4.78, 5) is 24.9. The standard InChI is InChI=1S/C22H27N3O2.ClH/c1-22(23,18-11-3-2-4-12-18)21(27)24-15-16-8-7-13-19(14-16)25-20(26)17-9-5-6-10-17;/h2-4,7-8,11-14,17H,5-6,9-10,15,23H2,1H3,(H,24,27)(H,25,26);1H. The number of hydrogen-bond donors (Lipinski definition) is 3. The molecule has 1 aliphatic carbocycles. The molecule has 0 aromatic heterocycles. The van der Waals surface area contributed by atoms with Gasteiger partial charge in [-0.25, -0.2) is 0 Å². The molecule has 5 nitrogen and oxygen atoms in total. The third-order valence-electron chi connectivity index (χ3n) is 5.22. The second kappa shape index (κ2) is 9.71. The van der Waals surface area contributed by atoms with E-state index in [0.29, 0.717) is 6.54 Å². The lowest BCUT2D eigenvalue weighted by molar-refractivity contribution is -0.126. The van der Waals surface area contributed by atoms with Gasteiger partial charge in [0, 0.05) is 18.2 Å². The van der Waals surface area contributed by atoms with Crippen molar-refractivity contribution in [1.29, 1.82) is 0 Å². The maximum Gasteiger partial charge on any atom is 0.244 e. The van der Waals surface area contributed by atoms with Crippen molar-refractivity contribution in [2.75, 3.05) is 5.32 Å². The minimum atomic E-state index is -1.10. The molecule has 2 amide bonds. The first kappa shape index (κ1) is 21.9. The highest BCUT2D eigenvalue weighted by Gasteiger charge is 2.30. The zero-order chi connectivity index (χ0) is 19.3. The predicted molar refractivity (Wildman–Crippen MR) is 114 cm³/mol. The summed E-state index contributed by atoms with van der Waals surface area (Å²) >= 11 is 0. The number of benzene rings is 2. The van der Waals surface area contributed by atoms with Crippen molar-refractivity contribution < 1.29 is 9.59 Å². The van der Waals surface area contributed by atoms with E-state index in [-0.39, 0.29) is 30.1 Å². The Morgan fingerprint density at radius 1 is 1.07 bits per heavy atom. The Kier molecular flexibility index (Phi) is 7.61.